The van der Waals surface area contributed by atoms with Crippen LogP contribution in [0.5, 0.6) is 5.88 Å². The molecule has 2 heterocycles. The Morgan fingerprint density at radius 2 is 1.66 bits per heavy atom. The van der Waals surface area contributed by atoms with Crippen molar-refractivity contribution < 1.29 is 4.74 Å². The van der Waals surface area contributed by atoms with E-state index in [0.717, 1.165) is 41.9 Å². The van der Waals surface area contributed by atoms with Gasteiger partial charge in [0.05, 0.1) is 17.3 Å². The fraction of sp³-hybridized carbons (Fsp3) is 0.179. The average Bonchev–Trinajstić information content (AvgIpc) is 2.87. The SMILES string of the molecule is N#Cc1ccc(COc2nc(-c3cc(Cl)cc(Cl)c3)nc3c2CN(Cc2ccccc2)CC3)cc1. The lowest BCUT2D eigenvalue weighted by Gasteiger charge is -2.29. The van der Waals surface area contributed by atoms with Gasteiger partial charge in [-0.05, 0) is 41.5 Å². The summed E-state index contributed by atoms with van der Waals surface area (Å²) in [6.07, 6.45) is 0.791. The van der Waals surface area contributed by atoms with Gasteiger partial charge in [0.25, 0.3) is 0 Å². The first kappa shape index (κ1) is 23.3. The molecule has 1 aliphatic rings. The second-order valence-corrected chi connectivity index (χ2v) is 9.35. The van der Waals surface area contributed by atoms with Gasteiger partial charge in [0, 0.05) is 47.2 Å². The van der Waals surface area contributed by atoms with Crippen molar-refractivity contribution >= 4 is 23.2 Å². The van der Waals surface area contributed by atoms with Crippen molar-refractivity contribution in [2.45, 2.75) is 26.1 Å². The minimum atomic E-state index is 0.337. The second-order valence-electron chi connectivity index (χ2n) is 8.48. The van der Waals surface area contributed by atoms with Crippen LogP contribution in [0.1, 0.15) is 27.9 Å². The summed E-state index contributed by atoms with van der Waals surface area (Å²) < 4.78 is 6.26. The van der Waals surface area contributed by atoms with Gasteiger partial charge < -0.3 is 4.74 Å². The molecule has 7 heteroatoms. The summed E-state index contributed by atoms with van der Waals surface area (Å²) in [7, 11) is 0. The van der Waals surface area contributed by atoms with E-state index < -0.39 is 0 Å². The number of nitrogens with zero attached hydrogens (tertiary/aromatic N) is 4. The molecular formula is C28H22Cl2N4O. The summed E-state index contributed by atoms with van der Waals surface area (Å²) in [6, 6.07) is 25.2. The fourth-order valence-electron chi connectivity index (χ4n) is 4.17. The van der Waals surface area contributed by atoms with Gasteiger partial charge in [-0.25, -0.2) is 4.98 Å². The van der Waals surface area contributed by atoms with E-state index >= 15 is 0 Å². The average molecular weight is 501 g/mol. The standard InChI is InChI=1S/C28H22Cl2N4O/c29-23-12-22(13-24(30)14-23)27-32-26-10-11-34(16-20-4-2-1-3-5-20)17-25(26)28(33-27)35-18-21-8-6-19(15-31)7-9-21/h1-9,12-14H,10-11,16-18H2. The van der Waals surface area contributed by atoms with Crippen molar-refractivity contribution in [3.05, 3.63) is 111 Å². The topological polar surface area (TPSA) is 62.0 Å². The van der Waals surface area contributed by atoms with E-state index in [1.807, 2.05) is 30.3 Å². The molecule has 0 saturated carbocycles. The van der Waals surface area contributed by atoms with Gasteiger partial charge >= 0.3 is 0 Å². The van der Waals surface area contributed by atoms with Crippen LogP contribution in [0, 0.1) is 11.3 Å². The molecule has 0 amide bonds. The van der Waals surface area contributed by atoms with Gasteiger partial charge in [-0.3, -0.25) is 4.90 Å². The zero-order valence-corrected chi connectivity index (χ0v) is 20.4. The summed E-state index contributed by atoms with van der Waals surface area (Å²) in [5, 5.41) is 10.1. The molecule has 0 atom stereocenters. The zero-order chi connectivity index (χ0) is 24.2. The molecule has 0 bridgehead atoms. The Hall–Kier alpha value is -3.43. The van der Waals surface area contributed by atoms with Gasteiger partial charge in [0.15, 0.2) is 5.82 Å². The number of halogens is 2. The van der Waals surface area contributed by atoms with Crippen LogP contribution in [0.15, 0.2) is 72.8 Å². The zero-order valence-electron chi connectivity index (χ0n) is 18.9. The summed E-state index contributed by atoms with van der Waals surface area (Å²) in [4.78, 5) is 12.1. The second kappa shape index (κ2) is 10.5. The number of benzene rings is 3. The molecular weight excluding hydrogens is 479 g/mol. The highest BCUT2D eigenvalue weighted by molar-refractivity contribution is 6.35. The van der Waals surface area contributed by atoms with E-state index in [1.54, 1.807) is 18.2 Å². The molecule has 0 aliphatic carbocycles. The minimum Gasteiger partial charge on any atom is -0.472 e. The van der Waals surface area contributed by atoms with E-state index in [9.17, 15) is 0 Å². The van der Waals surface area contributed by atoms with Crippen LogP contribution in [-0.2, 0) is 26.1 Å². The summed E-state index contributed by atoms with van der Waals surface area (Å²) in [6.45, 7) is 2.78. The number of nitriles is 1. The first-order valence-electron chi connectivity index (χ1n) is 11.3. The summed E-state index contributed by atoms with van der Waals surface area (Å²) >= 11 is 12.5. The van der Waals surface area contributed by atoms with Crippen LogP contribution >= 0.6 is 23.2 Å². The minimum absolute atomic E-state index is 0.337. The lowest BCUT2D eigenvalue weighted by atomic mass is 10.0. The molecule has 0 saturated heterocycles. The van der Waals surface area contributed by atoms with E-state index in [2.05, 4.69) is 35.2 Å². The molecule has 4 aromatic rings. The molecule has 3 aromatic carbocycles. The number of rotatable bonds is 6. The number of aromatic nitrogens is 2. The van der Waals surface area contributed by atoms with E-state index in [0.29, 0.717) is 40.5 Å². The Labute approximate surface area is 214 Å². The molecule has 0 radical (unpaired) electrons. The quantitative estimate of drug-likeness (QED) is 0.304. The van der Waals surface area contributed by atoms with Gasteiger partial charge in [-0.2, -0.15) is 10.2 Å². The first-order valence-corrected chi connectivity index (χ1v) is 12.1. The van der Waals surface area contributed by atoms with Gasteiger partial charge in [-0.15, -0.1) is 0 Å². The largest absolute Gasteiger partial charge is 0.472 e. The molecule has 5 nitrogen and oxygen atoms in total. The Balaban J connectivity index is 1.47. The maximum Gasteiger partial charge on any atom is 0.222 e. The van der Waals surface area contributed by atoms with Crippen LogP contribution in [0.25, 0.3) is 11.4 Å². The lowest BCUT2D eigenvalue weighted by molar-refractivity contribution is 0.227. The van der Waals surface area contributed by atoms with Crippen LogP contribution in [0.3, 0.4) is 0 Å². The van der Waals surface area contributed by atoms with Crippen molar-refractivity contribution in [2.75, 3.05) is 6.54 Å². The van der Waals surface area contributed by atoms with Gasteiger partial charge in [0.1, 0.15) is 6.61 Å². The lowest BCUT2D eigenvalue weighted by Crippen LogP contribution is -2.31. The summed E-state index contributed by atoms with van der Waals surface area (Å²) in [5.74, 6) is 1.10. The maximum atomic E-state index is 9.06. The molecule has 0 spiro atoms. The molecule has 1 aromatic heterocycles. The van der Waals surface area contributed by atoms with Crippen molar-refractivity contribution in [3.63, 3.8) is 0 Å². The molecule has 35 heavy (non-hydrogen) atoms. The van der Waals surface area contributed by atoms with Crippen LogP contribution < -0.4 is 4.74 Å². The molecule has 5 rings (SSSR count). The molecule has 174 valence electrons. The Morgan fingerprint density at radius 1 is 0.914 bits per heavy atom. The third kappa shape index (κ3) is 5.63. The molecule has 1 aliphatic heterocycles. The molecule has 0 unspecified atom stereocenters. The highest BCUT2D eigenvalue weighted by Crippen LogP contribution is 2.32. The van der Waals surface area contributed by atoms with Crippen molar-refractivity contribution in [1.29, 1.82) is 5.26 Å². The van der Waals surface area contributed by atoms with Gasteiger partial charge in [0.2, 0.25) is 5.88 Å². The third-order valence-electron chi connectivity index (χ3n) is 5.93. The van der Waals surface area contributed by atoms with Crippen LogP contribution in [0.4, 0.5) is 0 Å². The monoisotopic (exact) mass is 500 g/mol. The predicted octanol–water partition coefficient (Wildman–Crippen LogP) is 6.46. The van der Waals surface area contributed by atoms with Crippen molar-refractivity contribution in [1.82, 2.24) is 14.9 Å². The number of hydrogen-bond donors (Lipinski definition) is 0. The summed E-state index contributed by atoms with van der Waals surface area (Å²) in [5.41, 5.74) is 5.57. The fourth-order valence-corrected chi connectivity index (χ4v) is 4.70. The normalized spacial score (nSPS) is 13.2. The van der Waals surface area contributed by atoms with E-state index in [1.165, 1.54) is 5.56 Å². The number of fused-ring (bicyclic) bond motifs is 1. The van der Waals surface area contributed by atoms with Crippen molar-refractivity contribution in [3.8, 4) is 23.3 Å². The Kier molecular flexibility index (Phi) is 6.96. The molecule has 0 fully saturated rings. The van der Waals surface area contributed by atoms with E-state index in [-0.39, 0.29) is 0 Å². The van der Waals surface area contributed by atoms with Crippen molar-refractivity contribution in [2.24, 2.45) is 0 Å². The van der Waals surface area contributed by atoms with Crippen LogP contribution in [-0.4, -0.2) is 21.4 Å². The van der Waals surface area contributed by atoms with Gasteiger partial charge in [-0.1, -0.05) is 65.7 Å². The smallest absolute Gasteiger partial charge is 0.222 e. The Morgan fingerprint density at radius 3 is 2.37 bits per heavy atom. The van der Waals surface area contributed by atoms with Crippen LogP contribution in [0.2, 0.25) is 10.0 Å². The number of hydrogen-bond acceptors (Lipinski definition) is 5. The van der Waals surface area contributed by atoms with E-state index in [4.69, 9.17) is 43.2 Å². The highest BCUT2D eigenvalue weighted by Gasteiger charge is 2.24. The predicted molar refractivity (Wildman–Crippen MR) is 137 cm³/mol. The Bertz CT molecular complexity index is 1360. The number of ether oxygens (including phenoxy) is 1. The highest BCUT2D eigenvalue weighted by atomic mass is 35.5. The third-order valence-corrected chi connectivity index (χ3v) is 6.37. The molecule has 0 N–H and O–H groups in total. The maximum absolute atomic E-state index is 9.06. The first-order chi connectivity index (χ1) is 17.1.